The van der Waals surface area contributed by atoms with Crippen LogP contribution in [0.5, 0.6) is 0 Å². The van der Waals surface area contributed by atoms with E-state index in [9.17, 15) is 8.78 Å². The van der Waals surface area contributed by atoms with Crippen molar-refractivity contribution in [2.45, 2.75) is 25.9 Å². The molecule has 0 aliphatic heterocycles. The normalized spacial score (nSPS) is 12.7. The molecule has 3 aromatic rings. The van der Waals surface area contributed by atoms with Crippen molar-refractivity contribution in [3.8, 4) is 11.5 Å². The Balaban J connectivity index is 2.23. The van der Waals surface area contributed by atoms with E-state index in [1.54, 1.807) is 16.8 Å². The number of hydrogen-bond acceptors (Lipinski definition) is 3. The van der Waals surface area contributed by atoms with Crippen molar-refractivity contribution >= 4 is 11.0 Å². The molecule has 2 heterocycles. The molecule has 0 saturated carbocycles. The van der Waals surface area contributed by atoms with Crippen molar-refractivity contribution in [2.75, 3.05) is 0 Å². The molecule has 6 heteroatoms. The summed E-state index contributed by atoms with van der Waals surface area (Å²) in [4.78, 5) is 8.68. The molecule has 2 N–H and O–H groups in total. The number of aromatic nitrogens is 3. The molecule has 0 fully saturated rings. The van der Waals surface area contributed by atoms with Gasteiger partial charge < -0.3 is 10.3 Å². The van der Waals surface area contributed by atoms with Crippen LogP contribution in [0.25, 0.3) is 22.6 Å². The lowest BCUT2D eigenvalue weighted by Crippen LogP contribution is -2.25. The Labute approximate surface area is 126 Å². The molecule has 22 heavy (non-hydrogen) atoms. The zero-order valence-electron chi connectivity index (χ0n) is 12.1. The molecule has 4 nitrogen and oxygen atoms in total. The van der Waals surface area contributed by atoms with Crippen molar-refractivity contribution < 1.29 is 8.78 Å². The first-order chi connectivity index (χ1) is 10.6. The number of benzene rings is 1. The summed E-state index contributed by atoms with van der Waals surface area (Å²) in [5.41, 5.74) is 7.58. The van der Waals surface area contributed by atoms with Crippen LogP contribution in [0.3, 0.4) is 0 Å². The molecule has 0 amide bonds. The van der Waals surface area contributed by atoms with Gasteiger partial charge in [0.2, 0.25) is 0 Å². The van der Waals surface area contributed by atoms with E-state index in [2.05, 4.69) is 9.97 Å². The van der Waals surface area contributed by atoms with Crippen molar-refractivity contribution in [3.05, 3.63) is 48.2 Å². The fraction of sp³-hybridized carbons (Fsp3) is 0.250. The van der Waals surface area contributed by atoms with Crippen molar-refractivity contribution in [3.63, 3.8) is 0 Å². The molecule has 0 aliphatic carbocycles. The highest BCUT2D eigenvalue weighted by molar-refractivity contribution is 5.80. The summed E-state index contributed by atoms with van der Waals surface area (Å²) < 4.78 is 28.9. The van der Waals surface area contributed by atoms with Gasteiger partial charge in [-0.05, 0) is 18.6 Å². The minimum Gasteiger partial charge on any atom is -0.326 e. The predicted octanol–water partition coefficient (Wildman–Crippen LogP) is 3.11. The summed E-state index contributed by atoms with van der Waals surface area (Å²) in [7, 11) is 0. The van der Waals surface area contributed by atoms with Gasteiger partial charge in [-0.1, -0.05) is 13.0 Å². The molecule has 0 bridgehead atoms. The fourth-order valence-corrected chi connectivity index (χ4v) is 2.36. The number of nitrogens with two attached hydrogens (primary N) is 1. The van der Waals surface area contributed by atoms with Crippen LogP contribution < -0.4 is 5.73 Å². The van der Waals surface area contributed by atoms with Gasteiger partial charge in [0.15, 0.2) is 17.5 Å². The molecule has 114 valence electrons. The number of pyridine rings is 1. The van der Waals surface area contributed by atoms with Gasteiger partial charge in [0.25, 0.3) is 0 Å². The maximum absolute atomic E-state index is 13.6. The quantitative estimate of drug-likeness (QED) is 0.805. The highest BCUT2D eigenvalue weighted by Crippen LogP contribution is 2.25. The molecule has 0 spiro atoms. The van der Waals surface area contributed by atoms with Crippen LogP contribution in [0.15, 0.2) is 36.5 Å². The first-order valence-electron chi connectivity index (χ1n) is 7.12. The number of hydrogen-bond donors (Lipinski definition) is 1. The molecular formula is C16H16F2N4. The molecule has 1 aromatic carbocycles. The Morgan fingerprint density at radius 3 is 2.68 bits per heavy atom. The molecular weight excluding hydrogens is 286 g/mol. The topological polar surface area (TPSA) is 56.7 Å². The summed E-state index contributed by atoms with van der Waals surface area (Å²) in [5, 5.41) is 0. The SMILES string of the molecule is CCC(N)Cn1c(-c2ccccn2)nc2cc(F)c(F)cc21. The summed E-state index contributed by atoms with van der Waals surface area (Å²) in [5.74, 6) is -1.25. The van der Waals surface area contributed by atoms with Gasteiger partial charge in [0.1, 0.15) is 5.69 Å². The average molecular weight is 302 g/mol. The van der Waals surface area contributed by atoms with Gasteiger partial charge >= 0.3 is 0 Å². The Morgan fingerprint density at radius 1 is 1.23 bits per heavy atom. The van der Waals surface area contributed by atoms with E-state index in [1.807, 2.05) is 19.1 Å². The van der Waals surface area contributed by atoms with Gasteiger partial charge in [0.05, 0.1) is 11.0 Å². The Kier molecular flexibility index (Phi) is 3.85. The van der Waals surface area contributed by atoms with E-state index in [-0.39, 0.29) is 6.04 Å². The van der Waals surface area contributed by atoms with Gasteiger partial charge in [-0.15, -0.1) is 0 Å². The Hall–Kier alpha value is -2.34. The van der Waals surface area contributed by atoms with Gasteiger partial charge in [0, 0.05) is 30.9 Å². The van der Waals surface area contributed by atoms with Crippen LogP contribution in [0.2, 0.25) is 0 Å². The molecule has 3 rings (SSSR count). The maximum atomic E-state index is 13.6. The molecule has 0 radical (unpaired) electrons. The van der Waals surface area contributed by atoms with Gasteiger partial charge in [-0.2, -0.15) is 0 Å². The molecule has 0 aliphatic rings. The average Bonchev–Trinajstić information content (AvgIpc) is 2.86. The second-order valence-electron chi connectivity index (χ2n) is 5.18. The monoisotopic (exact) mass is 302 g/mol. The molecule has 0 saturated heterocycles. The molecule has 1 atom stereocenters. The third kappa shape index (κ3) is 2.57. The van der Waals surface area contributed by atoms with Crippen molar-refractivity contribution in [1.82, 2.24) is 14.5 Å². The largest absolute Gasteiger partial charge is 0.326 e. The Bertz CT molecular complexity index is 799. The van der Waals surface area contributed by atoms with Gasteiger partial charge in [-0.25, -0.2) is 13.8 Å². The number of rotatable bonds is 4. The summed E-state index contributed by atoms with van der Waals surface area (Å²) in [6, 6.07) is 7.60. The Morgan fingerprint density at radius 2 is 2.00 bits per heavy atom. The zero-order chi connectivity index (χ0) is 15.7. The van der Waals surface area contributed by atoms with Crippen molar-refractivity contribution in [1.29, 1.82) is 0 Å². The number of halogens is 2. The van der Waals surface area contributed by atoms with E-state index >= 15 is 0 Å². The van der Waals surface area contributed by atoms with E-state index in [4.69, 9.17) is 5.73 Å². The van der Waals surface area contributed by atoms with Crippen LogP contribution in [0.1, 0.15) is 13.3 Å². The number of nitrogens with zero attached hydrogens (tertiary/aromatic N) is 3. The van der Waals surface area contributed by atoms with Crippen LogP contribution in [0, 0.1) is 11.6 Å². The van der Waals surface area contributed by atoms with Crippen LogP contribution in [0.4, 0.5) is 8.78 Å². The predicted molar refractivity (Wildman–Crippen MR) is 81.1 cm³/mol. The highest BCUT2D eigenvalue weighted by Gasteiger charge is 2.17. The fourth-order valence-electron chi connectivity index (χ4n) is 2.36. The minimum atomic E-state index is -0.912. The van der Waals surface area contributed by atoms with Crippen molar-refractivity contribution in [2.24, 2.45) is 5.73 Å². The van der Waals surface area contributed by atoms with Gasteiger partial charge in [-0.3, -0.25) is 4.98 Å². The summed E-state index contributed by atoms with van der Waals surface area (Å²) >= 11 is 0. The summed E-state index contributed by atoms with van der Waals surface area (Å²) in [6.07, 6.45) is 2.42. The van der Waals surface area contributed by atoms with E-state index in [0.29, 0.717) is 29.1 Å². The second kappa shape index (κ2) is 5.81. The van der Waals surface area contributed by atoms with E-state index in [1.165, 1.54) is 0 Å². The molecule has 2 aromatic heterocycles. The number of imidazole rings is 1. The van der Waals surface area contributed by atoms with Crippen LogP contribution in [-0.4, -0.2) is 20.6 Å². The van der Waals surface area contributed by atoms with Crippen LogP contribution in [-0.2, 0) is 6.54 Å². The lowest BCUT2D eigenvalue weighted by atomic mass is 10.2. The third-order valence-corrected chi connectivity index (χ3v) is 3.63. The standard InChI is InChI=1S/C16H16F2N4/c1-2-10(19)9-22-15-8-12(18)11(17)7-14(15)21-16(22)13-5-3-4-6-20-13/h3-8,10H,2,9,19H2,1H3. The molecule has 1 unspecified atom stereocenters. The third-order valence-electron chi connectivity index (χ3n) is 3.63. The van der Waals surface area contributed by atoms with Crippen LogP contribution >= 0.6 is 0 Å². The second-order valence-corrected chi connectivity index (χ2v) is 5.18. The first kappa shape index (κ1) is 14.6. The van der Waals surface area contributed by atoms with E-state index < -0.39 is 11.6 Å². The lowest BCUT2D eigenvalue weighted by Gasteiger charge is -2.13. The van der Waals surface area contributed by atoms with E-state index in [0.717, 1.165) is 18.6 Å². The zero-order valence-corrected chi connectivity index (χ0v) is 12.1. The highest BCUT2D eigenvalue weighted by atomic mass is 19.2. The maximum Gasteiger partial charge on any atom is 0.161 e. The summed E-state index contributed by atoms with van der Waals surface area (Å²) in [6.45, 7) is 2.44. The number of fused-ring (bicyclic) bond motifs is 1. The smallest absolute Gasteiger partial charge is 0.161 e. The minimum absolute atomic E-state index is 0.104. The first-order valence-corrected chi connectivity index (χ1v) is 7.12. The lowest BCUT2D eigenvalue weighted by molar-refractivity contribution is 0.509.